The Bertz CT molecular complexity index is 333. The fourth-order valence-electron chi connectivity index (χ4n) is 0.833. The van der Waals surface area contributed by atoms with Gasteiger partial charge in [0.15, 0.2) is 0 Å². The molecule has 0 saturated carbocycles. The van der Waals surface area contributed by atoms with Crippen molar-refractivity contribution in [2.24, 2.45) is 0 Å². The molecule has 72 valence electrons. The second-order valence-electron chi connectivity index (χ2n) is 2.33. The van der Waals surface area contributed by atoms with Crippen LogP contribution in [0.2, 0.25) is 0 Å². The van der Waals surface area contributed by atoms with Gasteiger partial charge in [-0.3, -0.25) is 8.42 Å². The van der Waals surface area contributed by atoms with Gasteiger partial charge in [0.25, 0.3) is 0 Å². The van der Waals surface area contributed by atoms with Gasteiger partial charge in [-0.2, -0.15) is 0 Å². The van der Waals surface area contributed by atoms with Crippen molar-refractivity contribution in [1.82, 2.24) is 0 Å². The lowest BCUT2D eigenvalue weighted by atomic mass is 10.2. The van der Waals surface area contributed by atoms with Crippen LogP contribution in [0.15, 0.2) is 29.2 Å². The Kier molecular flexibility index (Phi) is 3.73. The lowest BCUT2D eigenvalue weighted by Gasteiger charge is -2.07. The van der Waals surface area contributed by atoms with E-state index in [0.717, 1.165) is 0 Å². The van der Waals surface area contributed by atoms with E-state index in [4.69, 9.17) is 0 Å². The second kappa shape index (κ2) is 4.61. The van der Waals surface area contributed by atoms with Gasteiger partial charge >= 0.3 is 0 Å². The van der Waals surface area contributed by atoms with E-state index in [-0.39, 0.29) is 10.6 Å². The highest BCUT2D eigenvalue weighted by molar-refractivity contribution is 7.79. The maximum atomic E-state index is 10.4. The predicted octanol–water partition coefficient (Wildman–Crippen LogP) is 0.304. The van der Waals surface area contributed by atoms with E-state index in [9.17, 15) is 17.5 Å². The average Bonchev–Trinajstić information content (AvgIpc) is 2.04. The van der Waals surface area contributed by atoms with Crippen molar-refractivity contribution >= 4 is 22.2 Å². The van der Waals surface area contributed by atoms with Crippen molar-refractivity contribution in [1.29, 1.82) is 0 Å². The van der Waals surface area contributed by atoms with E-state index >= 15 is 0 Å². The first-order chi connectivity index (χ1) is 6.09. The smallest absolute Gasteiger partial charge is 0.0353 e. The Morgan fingerprint density at radius 3 is 2.00 bits per heavy atom. The van der Waals surface area contributed by atoms with Crippen LogP contribution in [0.4, 0.5) is 0 Å². The van der Waals surface area contributed by atoms with E-state index in [0.29, 0.717) is 5.56 Å². The highest BCUT2D eigenvalue weighted by atomic mass is 32.2. The molecule has 6 heteroatoms. The van der Waals surface area contributed by atoms with Gasteiger partial charge in [-0.15, -0.1) is 0 Å². The molecule has 0 heterocycles. The molecule has 2 unspecified atom stereocenters. The Morgan fingerprint density at radius 2 is 1.62 bits per heavy atom. The van der Waals surface area contributed by atoms with Crippen LogP contribution in [0.3, 0.4) is 0 Å². The van der Waals surface area contributed by atoms with E-state index < -0.39 is 22.2 Å². The number of benzene rings is 1. The highest BCUT2D eigenvalue weighted by Crippen LogP contribution is 2.08. The molecule has 1 rings (SSSR count). The van der Waals surface area contributed by atoms with Gasteiger partial charge in [0, 0.05) is 10.6 Å². The molecule has 0 N–H and O–H groups in total. The van der Waals surface area contributed by atoms with Crippen molar-refractivity contribution in [3.8, 4) is 0 Å². The quantitative estimate of drug-likeness (QED) is 0.683. The van der Waals surface area contributed by atoms with Crippen LogP contribution >= 0.6 is 0 Å². The number of rotatable bonds is 3. The summed E-state index contributed by atoms with van der Waals surface area (Å²) < 4.78 is 41.4. The normalized spacial score (nSPS) is 15.2. The molecule has 0 aromatic heterocycles. The molecule has 0 fully saturated rings. The van der Waals surface area contributed by atoms with Gasteiger partial charge in [-0.25, -0.2) is 0 Å². The molecular formula is C7H6O4S2-2. The zero-order valence-electron chi connectivity index (χ0n) is 6.47. The Morgan fingerprint density at radius 1 is 1.08 bits per heavy atom. The highest BCUT2D eigenvalue weighted by Gasteiger charge is 1.94. The lowest BCUT2D eigenvalue weighted by Crippen LogP contribution is -1.94. The monoisotopic (exact) mass is 218 g/mol. The molecule has 13 heavy (non-hydrogen) atoms. The molecular weight excluding hydrogens is 212 g/mol. The maximum absolute atomic E-state index is 10.4. The third kappa shape index (κ3) is 3.35. The van der Waals surface area contributed by atoms with Crippen LogP contribution in [-0.4, -0.2) is 17.5 Å². The van der Waals surface area contributed by atoms with E-state index in [1.54, 1.807) is 0 Å². The minimum Gasteiger partial charge on any atom is -0.772 e. The lowest BCUT2D eigenvalue weighted by molar-refractivity contribution is 0.536. The zero-order valence-corrected chi connectivity index (χ0v) is 8.10. The molecule has 0 amide bonds. The minimum atomic E-state index is -2.25. The molecule has 0 bridgehead atoms. The topological polar surface area (TPSA) is 80.3 Å². The Balaban J connectivity index is 2.81. The summed E-state index contributed by atoms with van der Waals surface area (Å²) in [5, 5.41) is 0. The molecule has 1 aromatic carbocycles. The average molecular weight is 218 g/mol. The molecule has 0 spiro atoms. The third-order valence-electron chi connectivity index (χ3n) is 1.40. The fraction of sp³-hybridized carbons (Fsp3) is 0.143. The summed E-state index contributed by atoms with van der Waals surface area (Å²) in [4.78, 5) is 0.153. The molecule has 2 atom stereocenters. The number of hydrogen-bond donors (Lipinski definition) is 0. The largest absolute Gasteiger partial charge is 0.772 e. The molecule has 4 nitrogen and oxygen atoms in total. The first-order valence-electron chi connectivity index (χ1n) is 3.33. The maximum Gasteiger partial charge on any atom is 0.0353 e. The predicted molar refractivity (Wildman–Crippen MR) is 46.3 cm³/mol. The molecule has 0 aliphatic heterocycles. The van der Waals surface area contributed by atoms with E-state index in [1.165, 1.54) is 24.3 Å². The third-order valence-corrected chi connectivity index (χ3v) is 2.63. The second-order valence-corrected chi connectivity index (χ2v) is 4.16. The standard InChI is InChI=1S/C7H8O4S2/c8-12(9)5-6-1-3-7(4-2-6)13(10)11/h1-4H,5H2,(H,8,9)(H,10,11)/p-2. The molecule has 0 saturated heterocycles. The number of hydrogen-bond acceptors (Lipinski definition) is 4. The van der Waals surface area contributed by atoms with E-state index in [1.807, 2.05) is 0 Å². The summed E-state index contributed by atoms with van der Waals surface area (Å²) in [6.45, 7) is 0. The van der Waals surface area contributed by atoms with Gasteiger partial charge in [-0.05, 0) is 28.8 Å². The Hall–Kier alpha value is -0.560. The fourth-order valence-corrected chi connectivity index (χ4v) is 1.66. The summed E-state index contributed by atoms with van der Waals surface area (Å²) in [6, 6.07) is 5.68. The van der Waals surface area contributed by atoms with E-state index in [2.05, 4.69) is 0 Å². The van der Waals surface area contributed by atoms with Crippen molar-refractivity contribution < 1.29 is 17.5 Å². The van der Waals surface area contributed by atoms with Crippen LogP contribution in [-0.2, 0) is 27.9 Å². The molecule has 1 aromatic rings. The van der Waals surface area contributed by atoms with Crippen molar-refractivity contribution in [2.75, 3.05) is 0 Å². The van der Waals surface area contributed by atoms with Crippen molar-refractivity contribution in [3.05, 3.63) is 29.8 Å². The summed E-state index contributed by atoms with van der Waals surface area (Å²) in [6.07, 6.45) is 0. The van der Waals surface area contributed by atoms with Crippen LogP contribution < -0.4 is 0 Å². The van der Waals surface area contributed by atoms with Gasteiger partial charge in [0.05, 0.1) is 0 Å². The molecule has 0 aliphatic carbocycles. The molecule has 0 radical (unpaired) electrons. The minimum absolute atomic E-state index is 0.0915. The summed E-state index contributed by atoms with van der Waals surface area (Å²) in [7, 11) is 0. The zero-order chi connectivity index (χ0) is 9.84. The first-order valence-corrected chi connectivity index (χ1v) is 5.65. The SMILES string of the molecule is O=S([O-])Cc1ccc(S(=O)[O-])cc1. The van der Waals surface area contributed by atoms with Crippen LogP contribution in [0, 0.1) is 0 Å². The van der Waals surface area contributed by atoms with Crippen LogP contribution in [0.5, 0.6) is 0 Å². The molecule has 0 aliphatic rings. The van der Waals surface area contributed by atoms with Crippen molar-refractivity contribution in [3.63, 3.8) is 0 Å². The van der Waals surface area contributed by atoms with Gasteiger partial charge in [-0.1, -0.05) is 23.2 Å². The summed E-state index contributed by atoms with van der Waals surface area (Å²) in [5.41, 5.74) is 0.572. The van der Waals surface area contributed by atoms with Gasteiger partial charge in [0.2, 0.25) is 0 Å². The summed E-state index contributed by atoms with van der Waals surface area (Å²) >= 11 is -4.39. The van der Waals surface area contributed by atoms with Crippen LogP contribution in [0.1, 0.15) is 5.56 Å². The van der Waals surface area contributed by atoms with Crippen LogP contribution in [0.25, 0.3) is 0 Å². The first kappa shape index (κ1) is 10.5. The summed E-state index contributed by atoms with van der Waals surface area (Å²) in [5.74, 6) is -0.0915. The van der Waals surface area contributed by atoms with Gasteiger partial charge < -0.3 is 9.11 Å². The Labute approximate surface area is 80.6 Å². The van der Waals surface area contributed by atoms with Crippen molar-refractivity contribution in [2.45, 2.75) is 10.6 Å². The van der Waals surface area contributed by atoms with Gasteiger partial charge in [0.1, 0.15) is 0 Å².